The first-order valence-electron chi connectivity index (χ1n) is 6.43. The van der Waals surface area contributed by atoms with Gasteiger partial charge >= 0.3 is 0 Å². The molecule has 1 atom stereocenters. The fourth-order valence-electron chi connectivity index (χ4n) is 1.93. The number of hydrogen-bond acceptors (Lipinski definition) is 1. The predicted octanol–water partition coefficient (Wildman–Crippen LogP) is 4.44. The fraction of sp³-hybridized carbons (Fsp3) is 0.600. The number of halogens is 2. The van der Waals surface area contributed by atoms with E-state index in [-0.39, 0.29) is 11.9 Å². The molecule has 0 heterocycles. The van der Waals surface area contributed by atoms with Crippen molar-refractivity contribution in [2.24, 2.45) is 5.41 Å². The molecule has 0 amide bonds. The van der Waals surface area contributed by atoms with E-state index in [1.54, 1.807) is 12.1 Å². The average molecular weight is 272 g/mol. The van der Waals surface area contributed by atoms with Gasteiger partial charge in [-0.05, 0) is 43.9 Å². The smallest absolute Gasteiger partial charge is 0.127 e. The van der Waals surface area contributed by atoms with Gasteiger partial charge in [0.2, 0.25) is 0 Å². The van der Waals surface area contributed by atoms with Crippen LogP contribution in [0.25, 0.3) is 0 Å². The Labute approximate surface area is 115 Å². The Kier molecular flexibility index (Phi) is 5.61. The van der Waals surface area contributed by atoms with E-state index >= 15 is 0 Å². The highest BCUT2D eigenvalue weighted by molar-refractivity contribution is 6.31. The molecule has 102 valence electrons. The second kappa shape index (κ2) is 6.53. The molecule has 3 heteroatoms. The summed E-state index contributed by atoms with van der Waals surface area (Å²) in [5, 5.41) is 3.77. The van der Waals surface area contributed by atoms with Gasteiger partial charge in [-0.3, -0.25) is 0 Å². The number of likely N-dealkylation sites (N-methyl/N-ethyl adjacent to an activating group) is 1. The third-order valence-electron chi connectivity index (χ3n) is 3.16. The van der Waals surface area contributed by atoms with Gasteiger partial charge in [-0.2, -0.15) is 0 Å². The van der Waals surface area contributed by atoms with Crippen molar-refractivity contribution in [3.63, 3.8) is 0 Å². The molecule has 0 saturated carbocycles. The van der Waals surface area contributed by atoms with Crippen LogP contribution in [0.15, 0.2) is 18.2 Å². The van der Waals surface area contributed by atoms with Gasteiger partial charge in [-0.1, -0.05) is 38.4 Å². The van der Waals surface area contributed by atoms with Gasteiger partial charge in [-0.25, -0.2) is 4.39 Å². The van der Waals surface area contributed by atoms with Crippen molar-refractivity contribution in [2.75, 3.05) is 7.05 Å². The second-order valence-electron chi connectivity index (χ2n) is 5.99. The van der Waals surface area contributed by atoms with Crippen molar-refractivity contribution in [1.29, 1.82) is 0 Å². The van der Waals surface area contributed by atoms with Crippen molar-refractivity contribution in [3.05, 3.63) is 34.6 Å². The molecule has 1 rings (SSSR count). The van der Waals surface area contributed by atoms with Crippen molar-refractivity contribution >= 4 is 11.6 Å². The van der Waals surface area contributed by atoms with Crippen molar-refractivity contribution in [3.8, 4) is 0 Å². The third-order valence-corrected chi connectivity index (χ3v) is 3.52. The summed E-state index contributed by atoms with van der Waals surface area (Å²) in [5.41, 5.74) is 0.918. The Balaban J connectivity index is 2.68. The summed E-state index contributed by atoms with van der Waals surface area (Å²) in [6, 6.07) is 5.12. The molecule has 0 aliphatic carbocycles. The summed E-state index contributed by atoms with van der Waals surface area (Å²) in [5.74, 6) is -0.210. The first-order valence-corrected chi connectivity index (χ1v) is 6.81. The van der Waals surface area contributed by atoms with Gasteiger partial charge in [0.25, 0.3) is 0 Å². The summed E-state index contributed by atoms with van der Waals surface area (Å²) >= 11 is 6.05. The number of rotatable bonds is 5. The Morgan fingerprint density at radius 3 is 2.50 bits per heavy atom. The van der Waals surface area contributed by atoms with E-state index in [4.69, 9.17) is 11.6 Å². The van der Waals surface area contributed by atoms with E-state index in [1.807, 2.05) is 7.05 Å². The van der Waals surface area contributed by atoms with Crippen LogP contribution in [-0.4, -0.2) is 13.1 Å². The van der Waals surface area contributed by atoms with Crippen LogP contribution in [-0.2, 0) is 6.42 Å². The topological polar surface area (TPSA) is 12.0 Å². The molecule has 18 heavy (non-hydrogen) atoms. The molecule has 0 aromatic heterocycles. The SMILES string of the molecule is CNC(CCC(C)(C)C)Cc1c(F)cccc1Cl. The van der Waals surface area contributed by atoms with Crippen LogP contribution in [0.1, 0.15) is 39.2 Å². The maximum atomic E-state index is 13.7. The highest BCUT2D eigenvalue weighted by Gasteiger charge is 2.17. The van der Waals surface area contributed by atoms with E-state index in [0.29, 0.717) is 22.4 Å². The molecule has 1 aromatic rings. The zero-order chi connectivity index (χ0) is 13.8. The van der Waals surface area contributed by atoms with Crippen LogP contribution in [0.3, 0.4) is 0 Å². The van der Waals surface area contributed by atoms with Crippen LogP contribution in [0.5, 0.6) is 0 Å². The maximum absolute atomic E-state index is 13.7. The van der Waals surface area contributed by atoms with Crippen LogP contribution in [0.4, 0.5) is 4.39 Å². The Morgan fingerprint density at radius 2 is 2.00 bits per heavy atom. The minimum Gasteiger partial charge on any atom is -0.317 e. The van der Waals surface area contributed by atoms with Gasteiger partial charge in [0.05, 0.1) is 0 Å². The highest BCUT2D eigenvalue weighted by Crippen LogP contribution is 2.25. The number of benzene rings is 1. The van der Waals surface area contributed by atoms with E-state index in [1.165, 1.54) is 6.07 Å². The third kappa shape index (κ3) is 4.95. The lowest BCUT2D eigenvalue weighted by Gasteiger charge is -2.23. The molecular weight excluding hydrogens is 249 g/mol. The quantitative estimate of drug-likeness (QED) is 0.835. The molecule has 0 radical (unpaired) electrons. The largest absolute Gasteiger partial charge is 0.317 e. The second-order valence-corrected chi connectivity index (χ2v) is 6.40. The highest BCUT2D eigenvalue weighted by atomic mass is 35.5. The molecule has 0 saturated heterocycles. The van der Waals surface area contributed by atoms with Crippen molar-refractivity contribution in [1.82, 2.24) is 5.32 Å². The van der Waals surface area contributed by atoms with E-state index in [2.05, 4.69) is 26.1 Å². The number of nitrogens with one attached hydrogen (secondary N) is 1. The van der Waals surface area contributed by atoms with Gasteiger partial charge < -0.3 is 5.32 Å². The van der Waals surface area contributed by atoms with E-state index in [9.17, 15) is 4.39 Å². The molecular formula is C15H23ClFN. The fourth-order valence-corrected chi connectivity index (χ4v) is 2.17. The van der Waals surface area contributed by atoms with E-state index < -0.39 is 0 Å². The lowest BCUT2D eigenvalue weighted by Crippen LogP contribution is -2.29. The Bertz CT molecular complexity index is 364. The first-order chi connectivity index (χ1) is 8.33. The monoisotopic (exact) mass is 271 g/mol. The minimum atomic E-state index is -0.210. The van der Waals surface area contributed by atoms with Crippen LogP contribution < -0.4 is 5.32 Å². The van der Waals surface area contributed by atoms with Gasteiger partial charge in [0.15, 0.2) is 0 Å². The molecule has 0 bridgehead atoms. The summed E-state index contributed by atoms with van der Waals surface area (Å²) in [7, 11) is 1.92. The summed E-state index contributed by atoms with van der Waals surface area (Å²) in [6.07, 6.45) is 2.76. The predicted molar refractivity (Wildman–Crippen MR) is 76.7 cm³/mol. The molecule has 0 aliphatic heterocycles. The molecule has 1 nitrogen and oxygen atoms in total. The Morgan fingerprint density at radius 1 is 1.33 bits per heavy atom. The van der Waals surface area contributed by atoms with Gasteiger partial charge in [-0.15, -0.1) is 0 Å². The first kappa shape index (κ1) is 15.5. The Hall–Kier alpha value is -0.600. The van der Waals surface area contributed by atoms with Crippen molar-refractivity contribution < 1.29 is 4.39 Å². The normalized spacial score (nSPS) is 13.7. The zero-order valence-corrected chi connectivity index (χ0v) is 12.4. The number of hydrogen-bond donors (Lipinski definition) is 1. The average Bonchev–Trinajstić information content (AvgIpc) is 2.26. The maximum Gasteiger partial charge on any atom is 0.127 e. The van der Waals surface area contributed by atoms with Crippen molar-refractivity contribution in [2.45, 2.75) is 46.1 Å². The molecule has 0 fully saturated rings. The molecule has 0 spiro atoms. The standard InChI is InChI=1S/C15H23ClFN/c1-15(2,3)9-8-11(18-4)10-12-13(16)6-5-7-14(12)17/h5-7,11,18H,8-10H2,1-4H3. The molecule has 1 N–H and O–H groups in total. The van der Waals surface area contributed by atoms with E-state index in [0.717, 1.165) is 12.8 Å². The summed E-state index contributed by atoms with van der Waals surface area (Å²) in [6.45, 7) is 6.65. The van der Waals surface area contributed by atoms with Gasteiger partial charge in [0.1, 0.15) is 5.82 Å². The van der Waals surface area contributed by atoms with Gasteiger partial charge in [0, 0.05) is 16.6 Å². The lowest BCUT2D eigenvalue weighted by atomic mass is 9.87. The molecule has 1 aromatic carbocycles. The lowest BCUT2D eigenvalue weighted by molar-refractivity contribution is 0.334. The molecule has 1 unspecified atom stereocenters. The minimum absolute atomic E-state index is 0.210. The summed E-state index contributed by atoms with van der Waals surface area (Å²) in [4.78, 5) is 0. The summed E-state index contributed by atoms with van der Waals surface area (Å²) < 4.78 is 13.7. The van der Waals surface area contributed by atoms with Crippen LogP contribution >= 0.6 is 11.6 Å². The zero-order valence-electron chi connectivity index (χ0n) is 11.7. The molecule has 0 aliphatic rings. The van der Waals surface area contributed by atoms with Crippen LogP contribution in [0.2, 0.25) is 5.02 Å². The van der Waals surface area contributed by atoms with Crippen LogP contribution in [0, 0.1) is 11.2 Å².